The van der Waals surface area contributed by atoms with Crippen LogP contribution in [0.15, 0.2) is 12.1 Å². The van der Waals surface area contributed by atoms with E-state index in [2.05, 4.69) is 30.9 Å². The highest BCUT2D eigenvalue weighted by Crippen LogP contribution is 2.22. The Kier molecular flexibility index (Phi) is 3.64. The highest BCUT2D eigenvalue weighted by molar-refractivity contribution is 5.93. The predicted molar refractivity (Wildman–Crippen MR) is 83.1 cm³/mol. The Morgan fingerprint density at radius 2 is 1.91 bits per heavy atom. The van der Waals surface area contributed by atoms with Crippen LogP contribution in [0.3, 0.4) is 0 Å². The van der Waals surface area contributed by atoms with Gasteiger partial charge in [0.2, 0.25) is 0 Å². The fourth-order valence-electron chi connectivity index (χ4n) is 2.53. The Hall–Kier alpha value is -1.95. The van der Waals surface area contributed by atoms with Gasteiger partial charge in [-0.15, -0.1) is 0 Å². The van der Waals surface area contributed by atoms with Crippen LogP contribution in [0.1, 0.15) is 42.6 Å². The molecule has 0 N–H and O–H groups in total. The molecule has 1 saturated heterocycles. The van der Waals surface area contributed by atoms with Crippen LogP contribution in [0.4, 0.5) is 0 Å². The normalized spacial score (nSPS) is 16.3. The van der Waals surface area contributed by atoms with Gasteiger partial charge in [-0.2, -0.15) is 5.10 Å². The fourth-order valence-corrected chi connectivity index (χ4v) is 2.53. The van der Waals surface area contributed by atoms with E-state index in [1.807, 2.05) is 19.1 Å². The number of carbonyl (C=O) groups is 1. The van der Waals surface area contributed by atoms with Crippen molar-refractivity contribution in [2.24, 2.45) is 0 Å². The van der Waals surface area contributed by atoms with Crippen LogP contribution >= 0.6 is 0 Å². The smallest absolute Gasteiger partial charge is 0.272 e. The van der Waals surface area contributed by atoms with Gasteiger partial charge in [0.25, 0.3) is 5.91 Å². The van der Waals surface area contributed by atoms with E-state index in [-0.39, 0.29) is 11.3 Å². The molecule has 0 bridgehead atoms. The number of morpholine rings is 1. The number of carbonyl (C=O) groups excluding carboxylic acids is 1. The summed E-state index contributed by atoms with van der Waals surface area (Å²) in [5, 5.41) is 4.61. The van der Waals surface area contributed by atoms with E-state index >= 15 is 0 Å². The Morgan fingerprint density at radius 1 is 1.23 bits per heavy atom. The molecule has 0 unspecified atom stereocenters. The van der Waals surface area contributed by atoms with Crippen molar-refractivity contribution >= 4 is 11.6 Å². The van der Waals surface area contributed by atoms with Gasteiger partial charge in [0, 0.05) is 30.3 Å². The van der Waals surface area contributed by atoms with E-state index in [4.69, 9.17) is 4.74 Å². The average molecular weight is 302 g/mol. The molecule has 2 aromatic rings. The maximum Gasteiger partial charge on any atom is 0.272 e. The van der Waals surface area contributed by atoms with E-state index < -0.39 is 0 Å². The minimum Gasteiger partial charge on any atom is -0.378 e. The zero-order valence-corrected chi connectivity index (χ0v) is 13.6. The highest BCUT2D eigenvalue weighted by Gasteiger charge is 2.23. The molecular weight excluding hydrogens is 280 g/mol. The first kappa shape index (κ1) is 15.0. The molecule has 3 rings (SSSR count). The van der Waals surface area contributed by atoms with Crippen molar-refractivity contribution in [1.29, 1.82) is 0 Å². The number of aryl methyl sites for hydroxylation is 1. The van der Waals surface area contributed by atoms with Gasteiger partial charge in [-0.05, 0) is 13.0 Å². The van der Waals surface area contributed by atoms with Gasteiger partial charge < -0.3 is 9.64 Å². The largest absolute Gasteiger partial charge is 0.378 e. The second kappa shape index (κ2) is 5.35. The van der Waals surface area contributed by atoms with E-state index in [0.29, 0.717) is 32.0 Å². The first-order valence-corrected chi connectivity index (χ1v) is 7.61. The summed E-state index contributed by atoms with van der Waals surface area (Å²) >= 11 is 0. The van der Waals surface area contributed by atoms with Crippen molar-refractivity contribution in [3.05, 3.63) is 29.2 Å². The van der Waals surface area contributed by atoms with Gasteiger partial charge in [0.05, 0.1) is 18.9 Å². The van der Waals surface area contributed by atoms with Crippen molar-refractivity contribution in [3.8, 4) is 0 Å². The average Bonchev–Trinajstić information content (AvgIpc) is 2.92. The Morgan fingerprint density at radius 3 is 2.55 bits per heavy atom. The van der Waals surface area contributed by atoms with Crippen LogP contribution in [-0.2, 0) is 10.2 Å². The lowest BCUT2D eigenvalue weighted by molar-refractivity contribution is 0.0299. The second-order valence-electron chi connectivity index (χ2n) is 6.74. The number of aromatic nitrogens is 3. The molecule has 2 aromatic heterocycles. The highest BCUT2D eigenvalue weighted by atomic mass is 16.5. The molecule has 1 aliphatic heterocycles. The molecule has 0 radical (unpaired) electrons. The summed E-state index contributed by atoms with van der Waals surface area (Å²) in [5.74, 6) is -0.0348. The van der Waals surface area contributed by atoms with Crippen molar-refractivity contribution in [1.82, 2.24) is 19.5 Å². The van der Waals surface area contributed by atoms with Gasteiger partial charge in [-0.3, -0.25) is 4.79 Å². The molecular formula is C16H22N4O2. The van der Waals surface area contributed by atoms with Crippen LogP contribution in [0.2, 0.25) is 0 Å². The van der Waals surface area contributed by atoms with Crippen molar-refractivity contribution in [2.75, 3.05) is 26.3 Å². The third kappa shape index (κ3) is 2.70. The molecule has 0 spiro atoms. The maximum absolute atomic E-state index is 12.6. The molecule has 6 heteroatoms. The predicted octanol–water partition coefficient (Wildman–Crippen LogP) is 1.81. The first-order chi connectivity index (χ1) is 10.4. The molecule has 22 heavy (non-hydrogen) atoms. The summed E-state index contributed by atoms with van der Waals surface area (Å²) < 4.78 is 7.09. The van der Waals surface area contributed by atoms with Gasteiger partial charge in [0.1, 0.15) is 5.69 Å². The third-order valence-electron chi connectivity index (χ3n) is 3.89. The molecule has 1 aliphatic rings. The second-order valence-corrected chi connectivity index (χ2v) is 6.74. The topological polar surface area (TPSA) is 59.7 Å². The molecule has 1 amide bonds. The van der Waals surface area contributed by atoms with Crippen molar-refractivity contribution < 1.29 is 9.53 Å². The molecule has 6 nitrogen and oxygen atoms in total. The molecule has 0 aromatic carbocycles. The number of ether oxygens (including phenoxy) is 1. The lowest BCUT2D eigenvalue weighted by Crippen LogP contribution is -2.41. The van der Waals surface area contributed by atoms with Gasteiger partial charge >= 0.3 is 0 Å². The molecule has 3 heterocycles. The number of nitrogens with zero attached hydrogens (tertiary/aromatic N) is 4. The lowest BCUT2D eigenvalue weighted by atomic mass is 9.93. The Labute approximate surface area is 130 Å². The van der Waals surface area contributed by atoms with Crippen LogP contribution < -0.4 is 0 Å². The summed E-state index contributed by atoms with van der Waals surface area (Å²) in [6, 6.07) is 3.77. The summed E-state index contributed by atoms with van der Waals surface area (Å²) in [7, 11) is 0. The minimum atomic E-state index is -0.0471. The summed E-state index contributed by atoms with van der Waals surface area (Å²) in [5.41, 5.74) is 3.04. The Balaban J connectivity index is 1.99. The zero-order valence-electron chi connectivity index (χ0n) is 13.6. The monoisotopic (exact) mass is 302 g/mol. The number of hydrogen-bond donors (Lipinski definition) is 0. The van der Waals surface area contributed by atoms with Gasteiger partial charge in [0.15, 0.2) is 5.65 Å². The number of amides is 1. The van der Waals surface area contributed by atoms with Crippen LogP contribution in [0.5, 0.6) is 0 Å². The number of fused-ring (bicyclic) bond motifs is 1. The van der Waals surface area contributed by atoms with Crippen molar-refractivity contribution in [2.45, 2.75) is 33.1 Å². The molecule has 0 saturated carbocycles. The first-order valence-electron chi connectivity index (χ1n) is 7.61. The standard InChI is InChI=1S/C16H22N4O2/c1-11-9-12(15(21)19-5-7-22-8-6-19)17-14-10-13(16(2,3)4)18-20(11)14/h9-10H,5-8H2,1-4H3. The summed E-state index contributed by atoms with van der Waals surface area (Å²) in [4.78, 5) is 18.9. The molecule has 1 fully saturated rings. The van der Waals surface area contributed by atoms with Crippen LogP contribution in [0.25, 0.3) is 5.65 Å². The van der Waals surface area contributed by atoms with Gasteiger partial charge in [-0.25, -0.2) is 9.50 Å². The number of hydrogen-bond acceptors (Lipinski definition) is 4. The van der Waals surface area contributed by atoms with Crippen LogP contribution in [0, 0.1) is 6.92 Å². The van der Waals surface area contributed by atoms with E-state index in [1.165, 1.54) is 0 Å². The van der Waals surface area contributed by atoms with E-state index in [9.17, 15) is 4.79 Å². The summed E-state index contributed by atoms with van der Waals surface area (Å²) in [6.07, 6.45) is 0. The molecule has 118 valence electrons. The molecule has 0 aliphatic carbocycles. The third-order valence-corrected chi connectivity index (χ3v) is 3.89. The maximum atomic E-state index is 12.6. The van der Waals surface area contributed by atoms with Crippen LogP contribution in [-0.4, -0.2) is 51.7 Å². The van der Waals surface area contributed by atoms with Crippen molar-refractivity contribution in [3.63, 3.8) is 0 Å². The quantitative estimate of drug-likeness (QED) is 0.806. The SMILES string of the molecule is Cc1cc(C(=O)N2CCOCC2)nc2cc(C(C)(C)C)nn12. The van der Waals surface area contributed by atoms with Gasteiger partial charge in [-0.1, -0.05) is 20.8 Å². The lowest BCUT2D eigenvalue weighted by Gasteiger charge is -2.26. The minimum absolute atomic E-state index is 0.0348. The summed E-state index contributed by atoms with van der Waals surface area (Å²) in [6.45, 7) is 10.7. The molecule has 0 atom stereocenters. The number of rotatable bonds is 1. The fraction of sp³-hybridized carbons (Fsp3) is 0.562. The van der Waals surface area contributed by atoms with E-state index in [1.54, 1.807) is 9.42 Å². The Bertz CT molecular complexity index is 709. The zero-order chi connectivity index (χ0) is 15.9. The van der Waals surface area contributed by atoms with E-state index in [0.717, 1.165) is 17.0 Å².